The van der Waals surface area contributed by atoms with Crippen LogP contribution in [0.25, 0.3) is 0 Å². The monoisotopic (exact) mass is 355 g/mol. The standard InChI is InChI=1S/C18H21N5O3/c1-22-16(24)8-7-14(21-22)18(26)20-13-5-2-4-12(10-13)11-23-9-3-6-15(23)17(19)25/h2,4-5,7-8,10,15H,3,6,9,11H2,1H3,(H2,19,25)(H,20,26). The maximum atomic E-state index is 12.3. The molecule has 2 heterocycles. The van der Waals surface area contributed by atoms with Crippen LogP contribution in [-0.2, 0) is 18.4 Å². The van der Waals surface area contributed by atoms with E-state index in [4.69, 9.17) is 5.73 Å². The lowest BCUT2D eigenvalue weighted by atomic mass is 10.1. The molecule has 1 atom stereocenters. The Hall–Kier alpha value is -3.00. The van der Waals surface area contributed by atoms with E-state index in [1.165, 1.54) is 19.2 Å². The Balaban J connectivity index is 1.71. The van der Waals surface area contributed by atoms with Crippen molar-refractivity contribution >= 4 is 17.5 Å². The zero-order chi connectivity index (χ0) is 18.7. The van der Waals surface area contributed by atoms with Crippen molar-refractivity contribution in [3.8, 4) is 0 Å². The fourth-order valence-electron chi connectivity index (χ4n) is 3.14. The van der Waals surface area contributed by atoms with Gasteiger partial charge in [-0.2, -0.15) is 5.10 Å². The van der Waals surface area contributed by atoms with E-state index in [-0.39, 0.29) is 23.2 Å². The number of primary amides is 1. The maximum absolute atomic E-state index is 12.3. The van der Waals surface area contributed by atoms with Crippen molar-refractivity contribution < 1.29 is 9.59 Å². The highest BCUT2D eigenvalue weighted by Gasteiger charge is 2.28. The van der Waals surface area contributed by atoms with Gasteiger partial charge in [0, 0.05) is 25.3 Å². The van der Waals surface area contributed by atoms with Gasteiger partial charge in [0.1, 0.15) is 5.69 Å². The van der Waals surface area contributed by atoms with Crippen molar-refractivity contribution in [2.24, 2.45) is 12.8 Å². The number of carbonyl (C=O) groups is 2. The van der Waals surface area contributed by atoms with Crippen molar-refractivity contribution in [1.29, 1.82) is 0 Å². The highest BCUT2D eigenvalue weighted by atomic mass is 16.2. The normalized spacial score (nSPS) is 17.2. The van der Waals surface area contributed by atoms with E-state index in [1.54, 1.807) is 6.07 Å². The van der Waals surface area contributed by atoms with E-state index in [1.807, 2.05) is 18.2 Å². The third kappa shape index (κ3) is 3.97. The van der Waals surface area contributed by atoms with E-state index < -0.39 is 5.91 Å². The van der Waals surface area contributed by atoms with Crippen LogP contribution in [0.4, 0.5) is 5.69 Å². The molecule has 1 unspecified atom stereocenters. The van der Waals surface area contributed by atoms with E-state index in [0.717, 1.165) is 29.6 Å². The molecule has 8 nitrogen and oxygen atoms in total. The molecular weight excluding hydrogens is 334 g/mol. The average Bonchev–Trinajstić information content (AvgIpc) is 3.06. The number of aromatic nitrogens is 2. The Morgan fingerprint density at radius 3 is 2.85 bits per heavy atom. The van der Waals surface area contributed by atoms with Gasteiger partial charge in [0.15, 0.2) is 0 Å². The minimum absolute atomic E-state index is 0.158. The van der Waals surface area contributed by atoms with Crippen LogP contribution in [0.15, 0.2) is 41.2 Å². The first-order valence-corrected chi connectivity index (χ1v) is 8.42. The summed E-state index contributed by atoms with van der Waals surface area (Å²) in [7, 11) is 1.49. The number of amides is 2. The second kappa shape index (κ2) is 7.49. The number of likely N-dealkylation sites (tertiary alicyclic amines) is 1. The molecule has 3 N–H and O–H groups in total. The van der Waals surface area contributed by atoms with Crippen LogP contribution in [-0.4, -0.2) is 39.1 Å². The molecule has 2 amide bonds. The third-order valence-corrected chi connectivity index (χ3v) is 4.46. The summed E-state index contributed by atoms with van der Waals surface area (Å²) in [6.07, 6.45) is 1.73. The lowest BCUT2D eigenvalue weighted by Gasteiger charge is -2.22. The van der Waals surface area contributed by atoms with Gasteiger partial charge >= 0.3 is 0 Å². The van der Waals surface area contributed by atoms with Crippen molar-refractivity contribution in [3.63, 3.8) is 0 Å². The molecule has 3 rings (SSSR count). The number of nitrogens with zero attached hydrogens (tertiary/aromatic N) is 3. The first-order valence-electron chi connectivity index (χ1n) is 8.42. The molecule has 1 saturated heterocycles. The molecule has 1 fully saturated rings. The summed E-state index contributed by atoms with van der Waals surface area (Å²) in [5.41, 5.74) is 6.93. The van der Waals surface area contributed by atoms with Crippen molar-refractivity contribution in [2.75, 3.05) is 11.9 Å². The third-order valence-electron chi connectivity index (χ3n) is 4.46. The number of hydrogen-bond acceptors (Lipinski definition) is 5. The van der Waals surface area contributed by atoms with Gasteiger partial charge in [0.25, 0.3) is 11.5 Å². The molecule has 136 valence electrons. The lowest BCUT2D eigenvalue weighted by molar-refractivity contribution is -0.122. The molecule has 1 aromatic heterocycles. The minimum atomic E-state index is -0.395. The predicted octanol–water partition coefficient (Wildman–Crippen LogP) is 0.482. The Kier molecular flexibility index (Phi) is 5.13. The largest absolute Gasteiger partial charge is 0.368 e. The summed E-state index contributed by atoms with van der Waals surface area (Å²) in [4.78, 5) is 37.3. The molecular formula is C18H21N5O3. The van der Waals surface area contributed by atoms with Crippen LogP contribution in [0.2, 0.25) is 0 Å². The topological polar surface area (TPSA) is 110 Å². The van der Waals surface area contributed by atoms with Crippen LogP contribution in [0.1, 0.15) is 28.9 Å². The molecule has 1 aliphatic rings. The van der Waals surface area contributed by atoms with Gasteiger partial charge in [0.05, 0.1) is 6.04 Å². The Labute approximate surface area is 150 Å². The number of hydrogen-bond donors (Lipinski definition) is 2. The van der Waals surface area contributed by atoms with Gasteiger partial charge in [-0.3, -0.25) is 19.3 Å². The fourth-order valence-corrected chi connectivity index (χ4v) is 3.14. The van der Waals surface area contributed by atoms with Crippen LogP contribution in [0.3, 0.4) is 0 Å². The van der Waals surface area contributed by atoms with Crippen molar-refractivity contribution in [3.05, 3.63) is 58.0 Å². The Bertz CT molecular complexity index is 892. The SMILES string of the molecule is Cn1nc(C(=O)Nc2cccc(CN3CCCC3C(N)=O)c2)ccc1=O. The minimum Gasteiger partial charge on any atom is -0.368 e. The fraction of sp³-hybridized carbons (Fsp3) is 0.333. The first kappa shape index (κ1) is 17.8. The van der Waals surface area contributed by atoms with E-state index in [0.29, 0.717) is 12.2 Å². The first-order chi connectivity index (χ1) is 12.4. The van der Waals surface area contributed by atoms with Crippen LogP contribution >= 0.6 is 0 Å². The van der Waals surface area contributed by atoms with Gasteiger partial charge in [-0.05, 0) is 43.1 Å². The molecule has 0 spiro atoms. The number of aryl methyl sites for hydroxylation is 1. The highest BCUT2D eigenvalue weighted by Crippen LogP contribution is 2.21. The van der Waals surface area contributed by atoms with Gasteiger partial charge in [-0.15, -0.1) is 0 Å². The summed E-state index contributed by atoms with van der Waals surface area (Å²) in [6.45, 7) is 1.42. The Morgan fingerprint density at radius 2 is 2.12 bits per heavy atom. The van der Waals surface area contributed by atoms with Crippen molar-refractivity contribution in [2.45, 2.75) is 25.4 Å². The number of nitrogens with one attached hydrogen (secondary N) is 1. The lowest BCUT2D eigenvalue weighted by Crippen LogP contribution is -2.39. The quantitative estimate of drug-likeness (QED) is 0.811. The molecule has 2 aromatic rings. The second-order valence-electron chi connectivity index (χ2n) is 6.37. The molecule has 0 aliphatic carbocycles. The summed E-state index contributed by atoms with van der Waals surface area (Å²) >= 11 is 0. The Morgan fingerprint density at radius 1 is 1.31 bits per heavy atom. The number of nitrogens with two attached hydrogens (primary N) is 1. The molecule has 0 bridgehead atoms. The zero-order valence-corrected chi connectivity index (χ0v) is 14.5. The number of carbonyl (C=O) groups excluding carboxylic acids is 2. The van der Waals surface area contributed by atoms with Crippen LogP contribution in [0.5, 0.6) is 0 Å². The number of benzene rings is 1. The molecule has 1 aromatic carbocycles. The molecule has 0 saturated carbocycles. The number of rotatable bonds is 5. The smallest absolute Gasteiger partial charge is 0.276 e. The van der Waals surface area contributed by atoms with Crippen LogP contribution in [0, 0.1) is 0 Å². The van der Waals surface area contributed by atoms with E-state index in [9.17, 15) is 14.4 Å². The van der Waals surface area contributed by atoms with Gasteiger partial charge in [0.2, 0.25) is 5.91 Å². The molecule has 1 aliphatic heterocycles. The molecule has 26 heavy (non-hydrogen) atoms. The summed E-state index contributed by atoms with van der Waals surface area (Å²) in [5.74, 6) is -0.693. The average molecular weight is 355 g/mol. The number of anilines is 1. The van der Waals surface area contributed by atoms with Crippen LogP contribution < -0.4 is 16.6 Å². The highest BCUT2D eigenvalue weighted by molar-refractivity contribution is 6.02. The van der Waals surface area contributed by atoms with Crippen molar-refractivity contribution in [1.82, 2.24) is 14.7 Å². The van der Waals surface area contributed by atoms with E-state index in [2.05, 4.69) is 15.3 Å². The molecule has 8 heteroatoms. The van der Waals surface area contributed by atoms with Gasteiger partial charge < -0.3 is 11.1 Å². The zero-order valence-electron chi connectivity index (χ0n) is 14.5. The maximum Gasteiger partial charge on any atom is 0.276 e. The summed E-state index contributed by atoms with van der Waals surface area (Å²) < 4.78 is 1.11. The van der Waals surface area contributed by atoms with Gasteiger partial charge in [-0.25, -0.2) is 4.68 Å². The second-order valence-corrected chi connectivity index (χ2v) is 6.37. The summed E-state index contributed by atoms with van der Waals surface area (Å²) in [5, 5.41) is 6.71. The summed E-state index contributed by atoms with van der Waals surface area (Å²) in [6, 6.07) is 9.88. The van der Waals surface area contributed by atoms with E-state index >= 15 is 0 Å². The molecule has 0 radical (unpaired) electrons. The van der Waals surface area contributed by atoms with Gasteiger partial charge in [-0.1, -0.05) is 12.1 Å². The predicted molar refractivity (Wildman–Crippen MR) is 96.5 cm³/mol.